The van der Waals surface area contributed by atoms with Gasteiger partial charge in [0.15, 0.2) is 0 Å². The van der Waals surface area contributed by atoms with Crippen molar-refractivity contribution in [3.05, 3.63) is 88.7 Å². The van der Waals surface area contributed by atoms with Crippen LogP contribution >= 0.6 is 0 Å². The number of anilines is 1. The Balaban J connectivity index is 1.48. The van der Waals surface area contributed by atoms with Crippen LogP contribution in [-0.4, -0.2) is 35.8 Å². The Morgan fingerprint density at radius 3 is 2.38 bits per heavy atom. The number of benzene rings is 3. The number of fused-ring (bicyclic) bond motifs is 1. The summed E-state index contributed by atoms with van der Waals surface area (Å²) in [4.78, 5) is 39.8. The van der Waals surface area contributed by atoms with Crippen LogP contribution in [0.15, 0.2) is 60.7 Å². The van der Waals surface area contributed by atoms with Crippen molar-refractivity contribution < 1.29 is 23.5 Å². The molecule has 0 saturated carbocycles. The van der Waals surface area contributed by atoms with Gasteiger partial charge in [0.25, 0.3) is 11.8 Å². The molecule has 1 N–H and O–H groups in total. The van der Waals surface area contributed by atoms with Crippen LogP contribution in [0.2, 0.25) is 0 Å². The lowest BCUT2D eigenvalue weighted by Gasteiger charge is -2.28. The molecule has 2 amide bonds. The second-order valence-electron chi connectivity index (χ2n) is 10.3. The second kappa shape index (κ2) is 12.2. The molecule has 3 aromatic rings. The summed E-state index contributed by atoms with van der Waals surface area (Å²) in [5.41, 5.74) is 4.11. The average molecular weight is 531 g/mol. The van der Waals surface area contributed by atoms with Crippen molar-refractivity contribution in [3.8, 4) is 11.1 Å². The minimum atomic E-state index is -0.699. The molecule has 0 bridgehead atoms. The maximum absolute atomic E-state index is 15.2. The molecule has 1 atom stereocenters. The van der Waals surface area contributed by atoms with Crippen molar-refractivity contribution in [2.75, 3.05) is 12.4 Å². The van der Waals surface area contributed by atoms with Crippen molar-refractivity contribution in [2.24, 2.45) is 5.92 Å². The standard InChI is InChI=1S/C32H35FN2O4/c1-5-6-7-8-21-9-11-22(12-10-21)30(36)34-25-15-16-26(28(33)18-25)23-13-14-24-19-35(31(37)27(24)17-23)29(20(2)3)32(38)39-4/h9-18,20,29H,5-8,19H2,1-4H3,(H,34,36)/t29-/m0/s1. The van der Waals surface area contributed by atoms with Gasteiger partial charge in [-0.05, 0) is 71.8 Å². The molecule has 204 valence electrons. The Morgan fingerprint density at radius 2 is 1.74 bits per heavy atom. The fourth-order valence-corrected chi connectivity index (χ4v) is 5.03. The van der Waals surface area contributed by atoms with E-state index in [-0.39, 0.29) is 17.7 Å². The van der Waals surface area contributed by atoms with Gasteiger partial charge in [0.2, 0.25) is 0 Å². The lowest BCUT2D eigenvalue weighted by molar-refractivity contribution is -0.147. The Labute approximate surface area is 229 Å². The minimum absolute atomic E-state index is 0.126. The zero-order valence-corrected chi connectivity index (χ0v) is 22.9. The van der Waals surface area contributed by atoms with Gasteiger partial charge in [-0.25, -0.2) is 9.18 Å². The smallest absolute Gasteiger partial charge is 0.328 e. The minimum Gasteiger partial charge on any atom is -0.467 e. The van der Waals surface area contributed by atoms with E-state index < -0.39 is 17.8 Å². The number of unbranched alkanes of at least 4 members (excludes halogenated alkanes) is 2. The van der Waals surface area contributed by atoms with Crippen LogP contribution in [-0.2, 0) is 22.5 Å². The van der Waals surface area contributed by atoms with Gasteiger partial charge in [0.1, 0.15) is 11.9 Å². The Kier molecular flexibility index (Phi) is 8.79. The Morgan fingerprint density at radius 1 is 1.00 bits per heavy atom. The highest BCUT2D eigenvalue weighted by Crippen LogP contribution is 2.33. The Hall–Kier alpha value is -4.00. The average Bonchev–Trinajstić information content (AvgIpc) is 3.24. The SMILES string of the molecule is CCCCCc1ccc(C(=O)Nc2ccc(-c3ccc4c(c3)C(=O)N([C@H](C(=O)OC)C(C)C)C4)c(F)c2)cc1. The zero-order valence-electron chi connectivity index (χ0n) is 22.9. The van der Waals surface area contributed by atoms with Gasteiger partial charge >= 0.3 is 5.97 Å². The predicted octanol–water partition coefficient (Wildman–Crippen LogP) is 6.63. The summed E-state index contributed by atoms with van der Waals surface area (Å²) in [6, 6.07) is 16.5. The first kappa shape index (κ1) is 28.0. The van der Waals surface area contributed by atoms with Gasteiger partial charge in [0.05, 0.1) is 7.11 Å². The fraction of sp³-hybridized carbons (Fsp3) is 0.344. The maximum atomic E-state index is 15.2. The van der Waals surface area contributed by atoms with E-state index in [1.165, 1.54) is 30.1 Å². The summed E-state index contributed by atoms with van der Waals surface area (Å²) in [6.07, 6.45) is 4.45. The summed E-state index contributed by atoms with van der Waals surface area (Å²) >= 11 is 0. The third-order valence-corrected chi connectivity index (χ3v) is 7.17. The number of aryl methyl sites for hydroxylation is 1. The van der Waals surface area contributed by atoms with Crippen LogP contribution in [0.4, 0.5) is 10.1 Å². The summed E-state index contributed by atoms with van der Waals surface area (Å²) in [5.74, 6) is -1.69. The van der Waals surface area contributed by atoms with Crippen molar-refractivity contribution in [3.63, 3.8) is 0 Å². The second-order valence-corrected chi connectivity index (χ2v) is 10.3. The van der Waals surface area contributed by atoms with E-state index in [0.29, 0.717) is 34.5 Å². The third kappa shape index (κ3) is 6.19. The molecule has 0 fully saturated rings. The molecular weight excluding hydrogens is 495 g/mol. The number of methoxy groups -OCH3 is 1. The molecule has 0 saturated heterocycles. The monoisotopic (exact) mass is 530 g/mol. The highest BCUT2D eigenvalue weighted by molar-refractivity contribution is 6.04. The van der Waals surface area contributed by atoms with Crippen molar-refractivity contribution in [2.45, 2.75) is 59.0 Å². The number of amides is 2. The van der Waals surface area contributed by atoms with E-state index in [1.807, 2.05) is 26.0 Å². The van der Waals surface area contributed by atoms with E-state index in [0.717, 1.165) is 24.8 Å². The van der Waals surface area contributed by atoms with Gasteiger partial charge in [-0.2, -0.15) is 0 Å². The number of carbonyl (C=O) groups excluding carboxylic acids is 3. The van der Waals surface area contributed by atoms with Crippen molar-refractivity contribution >= 4 is 23.5 Å². The van der Waals surface area contributed by atoms with E-state index in [9.17, 15) is 14.4 Å². The molecule has 3 aromatic carbocycles. The van der Waals surface area contributed by atoms with Gasteiger partial charge < -0.3 is 15.0 Å². The molecular formula is C32H35FN2O4. The van der Waals surface area contributed by atoms with E-state index in [2.05, 4.69) is 12.2 Å². The number of nitrogens with zero attached hydrogens (tertiary/aromatic N) is 1. The number of rotatable bonds is 10. The molecule has 1 aliphatic rings. The van der Waals surface area contributed by atoms with Crippen LogP contribution in [0.3, 0.4) is 0 Å². The number of hydrogen-bond donors (Lipinski definition) is 1. The highest BCUT2D eigenvalue weighted by Gasteiger charge is 2.38. The molecule has 0 aliphatic carbocycles. The summed E-state index contributed by atoms with van der Waals surface area (Å²) < 4.78 is 20.1. The number of halogens is 1. The molecule has 0 aromatic heterocycles. The number of nitrogens with one attached hydrogen (secondary N) is 1. The summed E-state index contributed by atoms with van der Waals surface area (Å²) in [6.45, 7) is 6.18. The molecule has 4 rings (SSSR count). The topological polar surface area (TPSA) is 75.7 Å². The van der Waals surface area contributed by atoms with Crippen LogP contribution in [0.1, 0.15) is 71.9 Å². The van der Waals surface area contributed by atoms with Crippen molar-refractivity contribution in [1.82, 2.24) is 4.90 Å². The molecule has 6 nitrogen and oxygen atoms in total. The van der Waals surface area contributed by atoms with Crippen molar-refractivity contribution in [1.29, 1.82) is 0 Å². The first-order valence-electron chi connectivity index (χ1n) is 13.5. The quantitative estimate of drug-likeness (QED) is 0.236. The first-order valence-corrected chi connectivity index (χ1v) is 13.5. The molecule has 0 spiro atoms. The van der Waals surface area contributed by atoms with E-state index >= 15 is 4.39 Å². The van der Waals surface area contributed by atoms with E-state index in [4.69, 9.17) is 4.74 Å². The molecule has 0 unspecified atom stereocenters. The lowest BCUT2D eigenvalue weighted by Crippen LogP contribution is -2.45. The number of ether oxygens (including phenoxy) is 1. The maximum Gasteiger partial charge on any atom is 0.328 e. The van der Waals surface area contributed by atoms with Gasteiger partial charge in [0, 0.05) is 28.9 Å². The molecule has 1 heterocycles. The van der Waals surface area contributed by atoms with Gasteiger partial charge in [-0.15, -0.1) is 0 Å². The highest BCUT2D eigenvalue weighted by atomic mass is 19.1. The van der Waals surface area contributed by atoms with Crippen LogP contribution < -0.4 is 5.32 Å². The third-order valence-electron chi connectivity index (χ3n) is 7.17. The molecule has 39 heavy (non-hydrogen) atoms. The number of esters is 1. The lowest BCUT2D eigenvalue weighted by atomic mass is 9.99. The molecule has 0 radical (unpaired) electrons. The van der Waals surface area contributed by atoms with Gasteiger partial charge in [-0.1, -0.05) is 57.9 Å². The van der Waals surface area contributed by atoms with Crippen LogP contribution in [0, 0.1) is 11.7 Å². The first-order chi connectivity index (χ1) is 18.7. The predicted molar refractivity (Wildman–Crippen MR) is 150 cm³/mol. The van der Waals surface area contributed by atoms with Crippen LogP contribution in [0.25, 0.3) is 11.1 Å². The number of carbonyl (C=O) groups is 3. The fourth-order valence-electron chi connectivity index (χ4n) is 5.03. The zero-order chi connectivity index (χ0) is 28.1. The summed E-state index contributed by atoms with van der Waals surface area (Å²) in [5, 5.41) is 2.76. The largest absolute Gasteiger partial charge is 0.467 e. The van der Waals surface area contributed by atoms with Gasteiger partial charge in [-0.3, -0.25) is 9.59 Å². The Bertz CT molecular complexity index is 1370. The molecule has 1 aliphatic heterocycles. The summed E-state index contributed by atoms with van der Waals surface area (Å²) in [7, 11) is 1.31. The van der Waals surface area contributed by atoms with E-state index in [1.54, 1.807) is 42.5 Å². The van der Waals surface area contributed by atoms with Crippen LogP contribution in [0.5, 0.6) is 0 Å². The molecule has 7 heteroatoms. The number of hydrogen-bond acceptors (Lipinski definition) is 4. The normalized spacial score (nSPS) is 13.4.